The van der Waals surface area contributed by atoms with Gasteiger partial charge in [0.15, 0.2) is 0 Å². The van der Waals surface area contributed by atoms with E-state index in [0.717, 1.165) is 41.9 Å². The van der Waals surface area contributed by atoms with Gasteiger partial charge < -0.3 is 19.7 Å². The molecule has 0 saturated carbocycles. The second-order valence-corrected chi connectivity index (χ2v) is 9.57. The predicted octanol–water partition coefficient (Wildman–Crippen LogP) is 6.25. The lowest BCUT2D eigenvalue weighted by Gasteiger charge is -2.35. The number of rotatable bonds is 13. The van der Waals surface area contributed by atoms with E-state index in [1.165, 1.54) is 5.56 Å². The van der Waals surface area contributed by atoms with Crippen LogP contribution in [-0.4, -0.2) is 36.1 Å². The first kappa shape index (κ1) is 28.0. The predicted molar refractivity (Wildman–Crippen MR) is 134 cm³/mol. The molecule has 1 atom stereocenters. The van der Waals surface area contributed by atoms with Gasteiger partial charge in [0.05, 0.1) is 18.1 Å². The van der Waals surface area contributed by atoms with Gasteiger partial charge in [-0.05, 0) is 73.4 Å². The zero-order valence-electron chi connectivity index (χ0n) is 21.2. The Morgan fingerprint density at radius 2 is 1.81 bits per heavy atom. The van der Waals surface area contributed by atoms with E-state index in [4.69, 9.17) is 9.47 Å². The minimum Gasteiger partial charge on any atom is -0.493 e. The highest BCUT2D eigenvalue weighted by Gasteiger charge is 2.35. The molecule has 0 bridgehead atoms. The standard InChI is InChI=1S/C28H44O4/c1-9-12-13-26(31-17-16-21(4)19-29)28(10-2,11-3)23-14-15-24(22(5)18-23)32-20-25(30)27(6,7)8/h9,13-16,18,25,29-30H,1,10-12,17,19-20H2,2-8H3/b21-16+,26-13-. The summed E-state index contributed by atoms with van der Waals surface area (Å²) < 4.78 is 12.2. The van der Waals surface area contributed by atoms with Crippen molar-refractivity contribution in [1.29, 1.82) is 0 Å². The molecule has 32 heavy (non-hydrogen) atoms. The maximum absolute atomic E-state index is 10.3. The lowest BCUT2D eigenvalue weighted by molar-refractivity contribution is 0.0216. The van der Waals surface area contributed by atoms with Gasteiger partial charge in [0.1, 0.15) is 24.7 Å². The lowest BCUT2D eigenvalue weighted by atomic mass is 9.73. The van der Waals surface area contributed by atoms with Crippen molar-refractivity contribution in [3.63, 3.8) is 0 Å². The number of aliphatic hydroxyl groups is 2. The van der Waals surface area contributed by atoms with Crippen LogP contribution in [0.1, 0.15) is 71.9 Å². The van der Waals surface area contributed by atoms with Crippen molar-refractivity contribution in [3.8, 4) is 5.75 Å². The Balaban J connectivity index is 3.25. The Morgan fingerprint density at radius 1 is 1.16 bits per heavy atom. The van der Waals surface area contributed by atoms with Gasteiger partial charge in [0.2, 0.25) is 0 Å². The van der Waals surface area contributed by atoms with Crippen LogP contribution in [0.15, 0.2) is 54.3 Å². The van der Waals surface area contributed by atoms with Crippen molar-refractivity contribution in [2.75, 3.05) is 19.8 Å². The minimum absolute atomic E-state index is 0.0341. The summed E-state index contributed by atoms with van der Waals surface area (Å²) in [5.41, 5.74) is 2.62. The van der Waals surface area contributed by atoms with E-state index in [-0.39, 0.29) is 24.0 Å². The summed E-state index contributed by atoms with van der Waals surface area (Å²) in [6.45, 7) is 18.9. The van der Waals surface area contributed by atoms with Crippen molar-refractivity contribution < 1.29 is 19.7 Å². The zero-order chi connectivity index (χ0) is 24.4. The first-order valence-corrected chi connectivity index (χ1v) is 11.7. The first-order chi connectivity index (χ1) is 15.0. The van der Waals surface area contributed by atoms with Gasteiger partial charge in [-0.2, -0.15) is 0 Å². The second kappa shape index (κ2) is 12.9. The van der Waals surface area contributed by atoms with E-state index < -0.39 is 6.10 Å². The lowest BCUT2D eigenvalue weighted by Crippen LogP contribution is -2.32. The molecule has 0 heterocycles. The van der Waals surface area contributed by atoms with Gasteiger partial charge in [-0.1, -0.05) is 52.8 Å². The molecule has 0 fully saturated rings. The summed E-state index contributed by atoms with van der Waals surface area (Å²) in [5.74, 6) is 1.72. The molecule has 4 heteroatoms. The molecular weight excluding hydrogens is 400 g/mol. The van der Waals surface area contributed by atoms with Crippen molar-refractivity contribution in [3.05, 3.63) is 65.5 Å². The topological polar surface area (TPSA) is 58.9 Å². The van der Waals surface area contributed by atoms with Gasteiger partial charge in [-0.3, -0.25) is 0 Å². The van der Waals surface area contributed by atoms with Crippen LogP contribution in [0.3, 0.4) is 0 Å². The number of benzene rings is 1. The fourth-order valence-electron chi connectivity index (χ4n) is 3.60. The van der Waals surface area contributed by atoms with E-state index in [2.05, 4.69) is 38.6 Å². The Labute approximate surface area is 195 Å². The number of hydrogen-bond acceptors (Lipinski definition) is 4. The summed E-state index contributed by atoms with van der Waals surface area (Å²) >= 11 is 0. The molecule has 1 rings (SSSR count). The Kier molecular flexibility index (Phi) is 11.2. The van der Waals surface area contributed by atoms with Gasteiger partial charge in [0.25, 0.3) is 0 Å². The average Bonchev–Trinajstić information content (AvgIpc) is 2.76. The molecule has 1 aromatic carbocycles. The number of aryl methyl sites for hydroxylation is 1. The highest BCUT2D eigenvalue weighted by Crippen LogP contribution is 2.41. The van der Waals surface area contributed by atoms with Crippen LogP contribution in [0.5, 0.6) is 5.75 Å². The number of hydrogen-bond donors (Lipinski definition) is 2. The molecule has 0 saturated heterocycles. The van der Waals surface area contributed by atoms with E-state index in [9.17, 15) is 10.2 Å². The number of allylic oxidation sites excluding steroid dienone is 3. The highest BCUT2D eigenvalue weighted by molar-refractivity contribution is 5.43. The highest BCUT2D eigenvalue weighted by atomic mass is 16.5. The fourth-order valence-corrected chi connectivity index (χ4v) is 3.60. The molecule has 0 aromatic heterocycles. The van der Waals surface area contributed by atoms with Crippen molar-refractivity contribution >= 4 is 0 Å². The van der Waals surface area contributed by atoms with Crippen LogP contribution in [0.25, 0.3) is 0 Å². The van der Waals surface area contributed by atoms with E-state index in [0.29, 0.717) is 6.61 Å². The molecular formula is C28H44O4. The zero-order valence-corrected chi connectivity index (χ0v) is 21.2. The third kappa shape index (κ3) is 7.53. The molecule has 2 N–H and O–H groups in total. The molecule has 0 amide bonds. The fraction of sp³-hybridized carbons (Fsp3) is 0.571. The monoisotopic (exact) mass is 444 g/mol. The number of ether oxygens (including phenoxy) is 2. The van der Waals surface area contributed by atoms with E-state index in [1.807, 2.05) is 52.8 Å². The SMILES string of the molecule is C=CC/C=C(\OC/C=C(\C)CO)C(CC)(CC)c1ccc(OCC(O)C(C)(C)C)c(C)c1. The first-order valence-electron chi connectivity index (χ1n) is 11.7. The summed E-state index contributed by atoms with van der Waals surface area (Å²) in [5, 5.41) is 19.6. The summed E-state index contributed by atoms with van der Waals surface area (Å²) in [6.07, 6.45) is 7.86. The van der Waals surface area contributed by atoms with Crippen LogP contribution in [0, 0.1) is 12.3 Å². The average molecular weight is 445 g/mol. The molecule has 0 aliphatic carbocycles. The van der Waals surface area contributed by atoms with Crippen LogP contribution in [0.2, 0.25) is 0 Å². The van der Waals surface area contributed by atoms with Gasteiger partial charge in [-0.25, -0.2) is 0 Å². The largest absolute Gasteiger partial charge is 0.493 e. The molecule has 0 aliphatic rings. The Bertz CT molecular complexity index is 779. The molecule has 0 aliphatic heterocycles. The Morgan fingerprint density at radius 3 is 2.31 bits per heavy atom. The molecule has 0 spiro atoms. The van der Waals surface area contributed by atoms with Crippen molar-refractivity contribution in [1.82, 2.24) is 0 Å². The summed E-state index contributed by atoms with van der Waals surface area (Å²) in [4.78, 5) is 0. The minimum atomic E-state index is -0.538. The van der Waals surface area contributed by atoms with Crippen LogP contribution in [0.4, 0.5) is 0 Å². The molecule has 0 radical (unpaired) electrons. The van der Waals surface area contributed by atoms with Gasteiger partial charge in [-0.15, -0.1) is 6.58 Å². The summed E-state index contributed by atoms with van der Waals surface area (Å²) in [7, 11) is 0. The second-order valence-electron chi connectivity index (χ2n) is 9.57. The van der Waals surface area contributed by atoms with Crippen LogP contribution >= 0.6 is 0 Å². The van der Waals surface area contributed by atoms with Gasteiger partial charge in [0, 0.05) is 0 Å². The quantitative estimate of drug-likeness (QED) is 0.279. The van der Waals surface area contributed by atoms with Crippen LogP contribution < -0.4 is 4.74 Å². The summed E-state index contributed by atoms with van der Waals surface area (Å²) in [6, 6.07) is 6.28. The third-order valence-corrected chi connectivity index (χ3v) is 6.19. The Hall–Kier alpha value is -2.04. The van der Waals surface area contributed by atoms with E-state index in [1.54, 1.807) is 0 Å². The maximum atomic E-state index is 10.3. The van der Waals surface area contributed by atoms with E-state index >= 15 is 0 Å². The molecule has 4 nitrogen and oxygen atoms in total. The molecule has 1 unspecified atom stereocenters. The molecule has 1 aromatic rings. The number of aliphatic hydroxyl groups excluding tert-OH is 2. The van der Waals surface area contributed by atoms with Gasteiger partial charge >= 0.3 is 0 Å². The third-order valence-electron chi connectivity index (χ3n) is 6.19. The molecule has 180 valence electrons. The van der Waals surface area contributed by atoms with Crippen LogP contribution in [-0.2, 0) is 10.2 Å². The van der Waals surface area contributed by atoms with Crippen molar-refractivity contribution in [2.45, 2.75) is 79.2 Å². The smallest absolute Gasteiger partial charge is 0.122 e. The van der Waals surface area contributed by atoms with Crippen molar-refractivity contribution in [2.24, 2.45) is 5.41 Å². The maximum Gasteiger partial charge on any atom is 0.122 e. The normalized spacial score (nSPS) is 14.3.